The Labute approximate surface area is 167 Å². The Morgan fingerprint density at radius 3 is 2.57 bits per heavy atom. The third-order valence-corrected chi connectivity index (χ3v) is 6.39. The zero-order valence-corrected chi connectivity index (χ0v) is 16.3. The molecular formula is C22H21N3O2S. The van der Waals surface area contributed by atoms with Gasteiger partial charge >= 0.3 is 0 Å². The Kier molecular flexibility index (Phi) is 4.34. The van der Waals surface area contributed by atoms with Gasteiger partial charge in [0.2, 0.25) is 0 Å². The molecule has 4 aromatic rings. The molecule has 5 nitrogen and oxygen atoms in total. The topological polar surface area (TPSA) is 71.2 Å². The molecule has 2 aromatic heterocycles. The summed E-state index contributed by atoms with van der Waals surface area (Å²) in [4.78, 5) is 9.30. The van der Waals surface area contributed by atoms with Crippen molar-refractivity contribution in [3.05, 3.63) is 60.3 Å². The maximum absolute atomic E-state index is 9.58. The van der Waals surface area contributed by atoms with Crippen molar-refractivity contribution in [2.75, 3.05) is 0 Å². The van der Waals surface area contributed by atoms with Crippen molar-refractivity contribution in [3.8, 4) is 5.69 Å². The number of pyridine rings is 1. The number of hydrogen-bond acceptors (Lipinski definition) is 5. The summed E-state index contributed by atoms with van der Waals surface area (Å²) in [6, 6.07) is 16.6. The van der Waals surface area contributed by atoms with Gasteiger partial charge in [-0.15, -0.1) is 0 Å². The Balaban J connectivity index is 1.76. The predicted octanol–water partition coefficient (Wildman–Crippen LogP) is 4.24. The van der Waals surface area contributed by atoms with Crippen LogP contribution in [-0.2, 0) is 0 Å². The van der Waals surface area contributed by atoms with Crippen LogP contribution in [0.3, 0.4) is 0 Å². The minimum absolute atomic E-state index is 0.410. The van der Waals surface area contributed by atoms with E-state index in [0.717, 1.165) is 22.2 Å². The summed E-state index contributed by atoms with van der Waals surface area (Å²) in [5.41, 5.74) is 3.99. The summed E-state index contributed by atoms with van der Waals surface area (Å²) in [5.74, 6) is 0.662. The monoisotopic (exact) mass is 391 g/mol. The van der Waals surface area contributed by atoms with Gasteiger partial charge in [-0.2, -0.15) is 0 Å². The molecule has 1 saturated carbocycles. The van der Waals surface area contributed by atoms with E-state index in [-0.39, 0.29) is 0 Å². The van der Waals surface area contributed by atoms with E-state index in [1.54, 1.807) is 13.1 Å². The Bertz CT molecular complexity index is 1170. The van der Waals surface area contributed by atoms with Gasteiger partial charge in [0.1, 0.15) is 5.52 Å². The minimum atomic E-state index is -1.42. The number of fused-ring (bicyclic) bond motifs is 2. The number of aliphatic hydroxyl groups is 2. The van der Waals surface area contributed by atoms with E-state index in [4.69, 9.17) is 4.98 Å². The standard InChI is InChI=1S/C22H21N3O2S/c1-13(21(26)27)28-22-24-18-7-4-12-23-20(18)25(22)19-11-10-15(14-8-9-14)16-5-2-3-6-17(16)19/h2-7,10-14,21,26-27H,8-9H2,1H3. The summed E-state index contributed by atoms with van der Waals surface area (Å²) >= 11 is 1.34. The van der Waals surface area contributed by atoms with Gasteiger partial charge in [0, 0.05) is 11.6 Å². The Hall–Kier alpha value is -2.41. The smallest absolute Gasteiger partial charge is 0.175 e. The van der Waals surface area contributed by atoms with Crippen molar-refractivity contribution in [2.24, 2.45) is 0 Å². The van der Waals surface area contributed by atoms with Crippen molar-refractivity contribution in [1.82, 2.24) is 14.5 Å². The minimum Gasteiger partial charge on any atom is -0.367 e. The molecule has 28 heavy (non-hydrogen) atoms. The first-order chi connectivity index (χ1) is 13.6. The first kappa shape index (κ1) is 17.7. The highest BCUT2D eigenvalue weighted by Crippen LogP contribution is 2.44. The van der Waals surface area contributed by atoms with Gasteiger partial charge in [-0.05, 0) is 54.8 Å². The molecule has 1 fully saturated rings. The average Bonchev–Trinajstić information content (AvgIpc) is 3.48. The molecule has 2 N–H and O–H groups in total. The van der Waals surface area contributed by atoms with Crippen LogP contribution in [0.15, 0.2) is 59.9 Å². The van der Waals surface area contributed by atoms with E-state index in [0.29, 0.717) is 11.1 Å². The van der Waals surface area contributed by atoms with Crippen LogP contribution in [0.25, 0.3) is 27.6 Å². The third kappa shape index (κ3) is 2.98. The van der Waals surface area contributed by atoms with Crippen LogP contribution in [-0.4, -0.2) is 36.3 Å². The fourth-order valence-electron chi connectivity index (χ4n) is 3.67. The second-order valence-electron chi connectivity index (χ2n) is 7.31. The molecule has 142 valence electrons. The second kappa shape index (κ2) is 6.88. The molecule has 0 radical (unpaired) electrons. The highest BCUT2D eigenvalue weighted by molar-refractivity contribution is 7.99. The van der Waals surface area contributed by atoms with Crippen LogP contribution < -0.4 is 0 Å². The number of hydrogen-bond donors (Lipinski definition) is 2. The normalized spacial score (nSPS) is 15.6. The molecule has 0 bridgehead atoms. The van der Waals surface area contributed by atoms with Crippen molar-refractivity contribution < 1.29 is 10.2 Å². The number of rotatable bonds is 5. The fourth-order valence-corrected chi connectivity index (χ4v) is 4.56. The number of aliphatic hydroxyl groups excluding tert-OH is 1. The molecule has 1 aliphatic carbocycles. The summed E-state index contributed by atoms with van der Waals surface area (Å²) < 4.78 is 2.04. The maximum Gasteiger partial charge on any atom is 0.175 e. The van der Waals surface area contributed by atoms with Crippen LogP contribution in [0.1, 0.15) is 31.2 Å². The third-order valence-electron chi connectivity index (χ3n) is 5.29. The molecule has 0 amide bonds. The molecule has 1 unspecified atom stereocenters. The number of imidazole rings is 1. The van der Waals surface area contributed by atoms with Gasteiger partial charge in [0.05, 0.1) is 10.9 Å². The van der Waals surface area contributed by atoms with E-state index in [2.05, 4.69) is 41.4 Å². The Morgan fingerprint density at radius 2 is 1.82 bits per heavy atom. The number of benzene rings is 2. The number of nitrogens with zero attached hydrogens (tertiary/aromatic N) is 3. The number of aromatic nitrogens is 3. The van der Waals surface area contributed by atoms with Crippen LogP contribution in [0.2, 0.25) is 0 Å². The molecule has 2 aromatic carbocycles. The lowest BCUT2D eigenvalue weighted by molar-refractivity contribution is -0.0367. The molecule has 5 rings (SSSR count). The van der Waals surface area contributed by atoms with Gasteiger partial charge in [-0.3, -0.25) is 4.57 Å². The first-order valence-electron chi connectivity index (χ1n) is 9.52. The summed E-state index contributed by atoms with van der Waals surface area (Å²) in [6.45, 7) is 1.78. The maximum atomic E-state index is 9.58. The lowest BCUT2D eigenvalue weighted by atomic mass is 9.99. The summed E-state index contributed by atoms with van der Waals surface area (Å²) in [7, 11) is 0. The van der Waals surface area contributed by atoms with Gasteiger partial charge in [-0.25, -0.2) is 9.97 Å². The van der Waals surface area contributed by atoms with Crippen LogP contribution in [0, 0.1) is 0 Å². The summed E-state index contributed by atoms with van der Waals surface area (Å²) in [6.07, 6.45) is 2.86. The van der Waals surface area contributed by atoms with Crippen molar-refractivity contribution in [3.63, 3.8) is 0 Å². The van der Waals surface area contributed by atoms with Crippen LogP contribution >= 0.6 is 11.8 Å². The second-order valence-corrected chi connectivity index (χ2v) is 8.65. The zero-order valence-electron chi connectivity index (χ0n) is 15.5. The Morgan fingerprint density at radius 1 is 1.04 bits per heavy atom. The molecule has 2 heterocycles. The molecule has 1 atom stereocenters. The van der Waals surface area contributed by atoms with Crippen molar-refractivity contribution in [2.45, 2.75) is 42.4 Å². The number of thioether (sulfide) groups is 1. The SMILES string of the molecule is CC(Sc1nc2cccnc2n1-c1ccc(C2CC2)c2ccccc12)C(O)O. The van der Waals surface area contributed by atoms with Crippen molar-refractivity contribution >= 4 is 33.7 Å². The van der Waals surface area contributed by atoms with E-state index < -0.39 is 11.5 Å². The summed E-state index contributed by atoms with van der Waals surface area (Å²) in [5, 5.41) is 21.9. The lowest BCUT2D eigenvalue weighted by Gasteiger charge is -2.16. The van der Waals surface area contributed by atoms with Crippen molar-refractivity contribution in [1.29, 1.82) is 0 Å². The van der Waals surface area contributed by atoms with Gasteiger partial charge in [0.15, 0.2) is 17.1 Å². The highest BCUT2D eigenvalue weighted by Gasteiger charge is 2.27. The van der Waals surface area contributed by atoms with Gasteiger partial charge in [0.25, 0.3) is 0 Å². The predicted molar refractivity (Wildman–Crippen MR) is 112 cm³/mol. The largest absolute Gasteiger partial charge is 0.367 e. The molecule has 6 heteroatoms. The average molecular weight is 391 g/mol. The van der Waals surface area contributed by atoms with E-state index in [9.17, 15) is 10.2 Å². The van der Waals surface area contributed by atoms with Crippen LogP contribution in [0.4, 0.5) is 0 Å². The fraction of sp³-hybridized carbons (Fsp3) is 0.273. The van der Waals surface area contributed by atoms with Gasteiger partial charge in [-0.1, -0.05) is 42.1 Å². The molecule has 0 spiro atoms. The lowest BCUT2D eigenvalue weighted by Crippen LogP contribution is -2.19. The van der Waals surface area contributed by atoms with E-state index in [1.165, 1.54) is 35.6 Å². The molecule has 0 saturated heterocycles. The van der Waals surface area contributed by atoms with Crippen LogP contribution in [0.5, 0.6) is 0 Å². The molecule has 1 aliphatic rings. The quantitative estimate of drug-likeness (QED) is 0.393. The van der Waals surface area contributed by atoms with E-state index >= 15 is 0 Å². The highest BCUT2D eigenvalue weighted by atomic mass is 32.2. The molecular weight excluding hydrogens is 370 g/mol. The zero-order chi connectivity index (χ0) is 19.3. The first-order valence-corrected chi connectivity index (χ1v) is 10.4. The van der Waals surface area contributed by atoms with Gasteiger partial charge < -0.3 is 10.2 Å². The van der Waals surface area contributed by atoms with E-state index in [1.807, 2.05) is 16.7 Å². The molecule has 0 aliphatic heterocycles.